The standard InChI is InChI=1S/C13H16N4O2S2/c1-16(6-9-4-5-20-7-9)12-14-15-13(21-8-11(18)19)17(12)10-2-3-10/h4-5,7,10H,2-3,6,8H2,1H3,(H,18,19). The van der Waals surface area contributed by atoms with Gasteiger partial charge in [0.15, 0.2) is 5.16 Å². The fourth-order valence-electron chi connectivity index (χ4n) is 2.13. The second-order valence-electron chi connectivity index (χ2n) is 5.05. The average Bonchev–Trinajstić information content (AvgIpc) is 2.99. The third-order valence-electron chi connectivity index (χ3n) is 3.22. The molecule has 2 aromatic heterocycles. The van der Waals surface area contributed by atoms with Crippen molar-refractivity contribution >= 4 is 35.0 Å². The van der Waals surface area contributed by atoms with Crippen molar-refractivity contribution in [1.29, 1.82) is 0 Å². The minimum absolute atomic E-state index is 0.0130. The van der Waals surface area contributed by atoms with Gasteiger partial charge in [0.1, 0.15) is 0 Å². The van der Waals surface area contributed by atoms with E-state index in [0.717, 1.165) is 25.3 Å². The maximum Gasteiger partial charge on any atom is 0.313 e. The molecule has 0 amide bonds. The van der Waals surface area contributed by atoms with Crippen LogP contribution in [0.5, 0.6) is 0 Å². The SMILES string of the molecule is CN(Cc1ccsc1)c1nnc(SCC(=O)O)n1C1CC1. The molecule has 0 spiro atoms. The van der Waals surface area contributed by atoms with Crippen molar-refractivity contribution in [2.45, 2.75) is 30.6 Å². The van der Waals surface area contributed by atoms with Crippen LogP contribution in [0.4, 0.5) is 5.95 Å². The van der Waals surface area contributed by atoms with Crippen molar-refractivity contribution in [1.82, 2.24) is 14.8 Å². The predicted molar refractivity (Wildman–Crippen MR) is 83.1 cm³/mol. The zero-order chi connectivity index (χ0) is 14.8. The minimum atomic E-state index is -0.835. The number of carboxylic acids is 1. The summed E-state index contributed by atoms with van der Waals surface area (Å²) in [5.41, 5.74) is 1.24. The molecule has 6 nitrogen and oxygen atoms in total. The van der Waals surface area contributed by atoms with E-state index in [9.17, 15) is 4.79 Å². The molecule has 3 rings (SSSR count). The molecule has 1 N–H and O–H groups in total. The van der Waals surface area contributed by atoms with Crippen molar-refractivity contribution in [2.24, 2.45) is 0 Å². The lowest BCUT2D eigenvalue weighted by Crippen LogP contribution is -2.20. The van der Waals surface area contributed by atoms with Crippen molar-refractivity contribution in [3.05, 3.63) is 22.4 Å². The summed E-state index contributed by atoms with van der Waals surface area (Å²) in [5, 5.41) is 22.1. The highest BCUT2D eigenvalue weighted by Crippen LogP contribution is 2.40. The molecule has 0 radical (unpaired) electrons. The van der Waals surface area contributed by atoms with Crippen LogP contribution >= 0.6 is 23.1 Å². The Morgan fingerprint density at radius 1 is 1.57 bits per heavy atom. The number of anilines is 1. The van der Waals surface area contributed by atoms with Crippen molar-refractivity contribution < 1.29 is 9.90 Å². The normalized spacial score (nSPS) is 14.3. The van der Waals surface area contributed by atoms with Gasteiger partial charge >= 0.3 is 5.97 Å². The number of aliphatic carboxylic acids is 1. The first-order chi connectivity index (χ1) is 10.1. The molecule has 0 aromatic carbocycles. The summed E-state index contributed by atoms with van der Waals surface area (Å²) in [4.78, 5) is 12.8. The lowest BCUT2D eigenvalue weighted by molar-refractivity contribution is -0.133. The van der Waals surface area contributed by atoms with E-state index in [1.165, 1.54) is 17.3 Å². The molecule has 2 heterocycles. The largest absolute Gasteiger partial charge is 0.481 e. The number of rotatable bonds is 7. The number of carbonyl (C=O) groups is 1. The summed E-state index contributed by atoms with van der Waals surface area (Å²) in [7, 11) is 1.99. The van der Waals surface area contributed by atoms with Gasteiger partial charge in [-0.1, -0.05) is 11.8 Å². The van der Waals surface area contributed by atoms with E-state index in [-0.39, 0.29) is 5.75 Å². The molecular weight excluding hydrogens is 308 g/mol. The van der Waals surface area contributed by atoms with E-state index in [1.807, 2.05) is 7.05 Å². The lowest BCUT2D eigenvalue weighted by atomic mass is 10.3. The molecule has 1 aliphatic carbocycles. The monoisotopic (exact) mass is 324 g/mol. The molecule has 1 saturated carbocycles. The first-order valence-corrected chi connectivity index (χ1v) is 8.59. The van der Waals surface area contributed by atoms with E-state index in [0.29, 0.717) is 11.2 Å². The van der Waals surface area contributed by atoms with Gasteiger partial charge in [-0.15, -0.1) is 10.2 Å². The molecule has 1 fully saturated rings. The number of thiophene rings is 1. The molecular formula is C13H16N4O2S2. The molecule has 112 valence electrons. The first kappa shape index (κ1) is 14.4. The molecule has 0 bridgehead atoms. The van der Waals surface area contributed by atoms with Crippen LogP contribution in [0.25, 0.3) is 0 Å². The Morgan fingerprint density at radius 3 is 3.00 bits per heavy atom. The topological polar surface area (TPSA) is 71.2 Å². The summed E-state index contributed by atoms with van der Waals surface area (Å²) < 4.78 is 2.08. The van der Waals surface area contributed by atoms with Crippen LogP contribution in [-0.2, 0) is 11.3 Å². The average molecular weight is 324 g/mol. The van der Waals surface area contributed by atoms with Crippen LogP contribution in [-0.4, -0.2) is 38.6 Å². The van der Waals surface area contributed by atoms with Crippen LogP contribution < -0.4 is 4.90 Å². The van der Waals surface area contributed by atoms with Crippen LogP contribution in [0.2, 0.25) is 0 Å². The molecule has 1 aliphatic rings. The Labute approximate surface area is 130 Å². The number of hydrogen-bond donors (Lipinski definition) is 1. The predicted octanol–water partition coefficient (Wildman–Crippen LogP) is 2.49. The zero-order valence-electron chi connectivity index (χ0n) is 11.6. The van der Waals surface area contributed by atoms with Crippen LogP contribution in [0.1, 0.15) is 24.4 Å². The van der Waals surface area contributed by atoms with Gasteiger partial charge < -0.3 is 10.0 Å². The Bertz CT molecular complexity index is 622. The van der Waals surface area contributed by atoms with Crippen molar-refractivity contribution in [3.63, 3.8) is 0 Å². The van der Waals surface area contributed by atoms with E-state index in [1.54, 1.807) is 11.3 Å². The third-order valence-corrected chi connectivity index (χ3v) is 4.88. The van der Waals surface area contributed by atoms with Gasteiger partial charge in [-0.3, -0.25) is 9.36 Å². The fraction of sp³-hybridized carbons (Fsp3) is 0.462. The molecule has 8 heteroatoms. The quantitative estimate of drug-likeness (QED) is 0.789. The summed E-state index contributed by atoms with van der Waals surface area (Å²) in [6.45, 7) is 0.776. The fourth-order valence-corrected chi connectivity index (χ4v) is 3.51. The Balaban J connectivity index is 1.79. The number of aromatic nitrogens is 3. The maximum atomic E-state index is 10.7. The summed E-state index contributed by atoms with van der Waals surface area (Å²) in [5.74, 6) is -0.00542. The van der Waals surface area contributed by atoms with Crippen LogP contribution in [0.3, 0.4) is 0 Å². The van der Waals surface area contributed by atoms with Gasteiger partial charge in [0.05, 0.1) is 5.75 Å². The Hall–Kier alpha value is -1.54. The number of carboxylic acid groups (broad SMARTS) is 1. The van der Waals surface area contributed by atoms with Crippen LogP contribution in [0, 0.1) is 0 Å². The maximum absolute atomic E-state index is 10.7. The Morgan fingerprint density at radius 2 is 2.38 bits per heavy atom. The van der Waals surface area contributed by atoms with E-state index in [2.05, 4.69) is 36.5 Å². The van der Waals surface area contributed by atoms with Gasteiger partial charge in [0.2, 0.25) is 5.95 Å². The van der Waals surface area contributed by atoms with Gasteiger partial charge in [-0.05, 0) is 35.2 Å². The second-order valence-corrected chi connectivity index (χ2v) is 6.78. The highest BCUT2D eigenvalue weighted by molar-refractivity contribution is 7.99. The molecule has 0 saturated heterocycles. The second kappa shape index (κ2) is 6.07. The number of thioether (sulfide) groups is 1. The Kier molecular flexibility index (Phi) is 4.16. The van der Waals surface area contributed by atoms with E-state index in [4.69, 9.17) is 5.11 Å². The number of nitrogens with zero attached hydrogens (tertiary/aromatic N) is 4. The van der Waals surface area contributed by atoms with Gasteiger partial charge in [-0.2, -0.15) is 11.3 Å². The van der Waals surface area contributed by atoms with Gasteiger partial charge in [0.25, 0.3) is 0 Å². The van der Waals surface area contributed by atoms with Crippen LogP contribution in [0.15, 0.2) is 22.0 Å². The van der Waals surface area contributed by atoms with Gasteiger partial charge in [-0.25, -0.2) is 0 Å². The highest BCUT2D eigenvalue weighted by Gasteiger charge is 2.31. The first-order valence-electron chi connectivity index (χ1n) is 6.67. The zero-order valence-corrected chi connectivity index (χ0v) is 13.2. The summed E-state index contributed by atoms with van der Waals surface area (Å²) in [6, 6.07) is 2.51. The summed E-state index contributed by atoms with van der Waals surface area (Å²) in [6.07, 6.45) is 2.22. The van der Waals surface area contributed by atoms with E-state index < -0.39 is 5.97 Å². The third kappa shape index (κ3) is 3.38. The van der Waals surface area contributed by atoms with Crippen molar-refractivity contribution in [2.75, 3.05) is 17.7 Å². The highest BCUT2D eigenvalue weighted by atomic mass is 32.2. The van der Waals surface area contributed by atoms with E-state index >= 15 is 0 Å². The molecule has 21 heavy (non-hydrogen) atoms. The molecule has 0 atom stereocenters. The van der Waals surface area contributed by atoms with Crippen molar-refractivity contribution in [3.8, 4) is 0 Å². The molecule has 0 aliphatic heterocycles. The van der Waals surface area contributed by atoms with Gasteiger partial charge in [0, 0.05) is 19.6 Å². The number of hydrogen-bond acceptors (Lipinski definition) is 6. The molecule has 0 unspecified atom stereocenters. The summed E-state index contributed by atoms with van der Waals surface area (Å²) >= 11 is 2.91. The smallest absolute Gasteiger partial charge is 0.313 e. The lowest BCUT2D eigenvalue weighted by Gasteiger charge is -2.18. The minimum Gasteiger partial charge on any atom is -0.481 e. The molecule has 2 aromatic rings.